The quantitative estimate of drug-likeness (QED) is 0.596. The molecular weight excluding hydrogens is 392 g/mol. The zero-order valence-corrected chi connectivity index (χ0v) is 16.7. The van der Waals surface area contributed by atoms with E-state index in [1.165, 1.54) is 30.0 Å². The molecule has 4 rings (SSSR count). The molecule has 7 heteroatoms. The number of aromatic nitrogens is 1. The van der Waals surface area contributed by atoms with Crippen molar-refractivity contribution >= 4 is 29.4 Å². The Kier molecular flexibility index (Phi) is 5.15. The highest BCUT2D eigenvalue weighted by atomic mass is 32.2. The first-order chi connectivity index (χ1) is 13.9. The van der Waals surface area contributed by atoms with E-state index in [-0.39, 0.29) is 17.5 Å². The van der Waals surface area contributed by atoms with E-state index in [1.807, 2.05) is 30.6 Å². The molecule has 0 spiro atoms. The van der Waals surface area contributed by atoms with Crippen LogP contribution in [-0.4, -0.2) is 16.0 Å². The van der Waals surface area contributed by atoms with Gasteiger partial charge in [0.1, 0.15) is 11.6 Å². The van der Waals surface area contributed by atoms with Crippen LogP contribution in [0.25, 0.3) is 11.8 Å². The number of nitrogens with one attached hydrogen (secondary N) is 2. The van der Waals surface area contributed by atoms with Gasteiger partial charge in [-0.25, -0.2) is 8.78 Å². The average molecular weight is 411 g/mol. The number of hydrogen-bond donors (Lipinski definition) is 2. The summed E-state index contributed by atoms with van der Waals surface area (Å²) in [5.41, 5.74) is 3.56. The maximum absolute atomic E-state index is 13.8. The van der Waals surface area contributed by atoms with Crippen LogP contribution in [0.4, 0.5) is 14.5 Å². The Morgan fingerprint density at radius 1 is 1.10 bits per heavy atom. The van der Waals surface area contributed by atoms with Gasteiger partial charge in [-0.15, -0.1) is 0 Å². The van der Waals surface area contributed by atoms with Crippen molar-refractivity contribution in [1.29, 1.82) is 0 Å². The van der Waals surface area contributed by atoms with Crippen molar-refractivity contribution in [2.24, 2.45) is 0 Å². The standard InChI is InChI=1S/C22H19F2N3OS/c1-13-11-15(14(2)27(13)17-9-7-16(23)8-10-17)12-20-21(28)26-22(29-20)25-19-6-4-3-5-18(19)24/h3-12,22,25H,1-2H3,(H,26,28)/b20-12-. The fraction of sp³-hybridized carbons (Fsp3) is 0.136. The summed E-state index contributed by atoms with van der Waals surface area (Å²) in [6.45, 7) is 3.91. The Balaban J connectivity index is 1.58. The summed E-state index contributed by atoms with van der Waals surface area (Å²) in [6.07, 6.45) is 1.82. The van der Waals surface area contributed by atoms with Crippen molar-refractivity contribution in [2.45, 2.75) is 19.3 Å². The molecule has 0 bridgehead atoms. The number of amides is 1. The molecule has 0 saturated carbocycles. The maximum atomic E-state index is 13.8. The Labute approximate surface area is 171 Å². The highest BCUT2D eigenvalue weighted by molar-refractivity contribution is 8.05. The molecule has 1 amide bonds. The minimum absolute atomic E-state index is 0.213. The molecule has 2 aromatic carbocycles. The lowest BCUT2D eigenvalue weighted by Crippen LogP contribution is -2.31. The normalized spacial score (nSPS) is 17.6. The number of carbonyl (C=O) groups is 1. The van der Waals surface area contributed by atoms with Crippen LogP contribution in [0.5, 0.6) is 0 Å². The second-order valence-corrected chi connectivity index (χ2v) is 7.89. The molecule has 29 heavy (non-hydrogen) atoms. The molecule has 1 atom stereocenters. The van der Waals surface area contributed by atoms with E-state index in [9.17, 15) is 13.6 Å². The van der Waals surface area contributed by atoms with Crippen molar-refractivity contribution in [3.8, 4) is 5.69 Å². The van der Waals surface area contributed by atoms with E-state index in [4.69, 9.17) is 0 Å². The number of benzene rings is 2. The van der Waals surface area contributed by atoms with Crippen molar-refractivity contribution < 1.29 is 13.6 Å². The molecule has 2 heterocycles. The fourth-order valence-corrected chi connectivity index (χ4v) is 4.31. The number of aryl methyl sites for hydroxylation is 1. The Morgan fingerprint density at radius 2 is 1.83 bits per heavy atom. The van der Waals surface area contributed by atoms with Crippen LogP contribution < -0.4 is 10.6 Å². The van der Waals surface area contributed by atoms with Crippen molar-refractivity contribution in [1.82, 2.24) is 9.88 Å². The summed E-state index contributed by atoms with van der Waals surface area (Å²) >= 11 is 1.30. The Bertz CT molecular complexity index is 1110. The van der Waals surface area contributed by atoms with Gasteiger partial charge in [-0.05, 0) is 68.0 Å². The summed E-state index contributed by atoms with van der Waals surface area (Å²) in [5.74, 6) is -0.871. The monoisotopic (exact) mass is 411 g/mol. The molecule has 0 aliphatic carbocycles. The molecule has 0 radical (unpaired) electrons. The Morgan fingerprint density at radius 3 is 2.55 bits per heavy atom. The summed E-state index contributed by atoms with van der Waals surface area (Å²) in [6, 6.07) is 14.6. The molecule has 1 aromatic heterocycles. The number of rotatable bonds is 4. The van der Waals surface area contributed by atoms with Gasteiger partial charge in [0.25, 0.3) is 5.91 Å². The molecule has 1 unspecified atom stereocenters. The van der Waals surface area contributed by atoms with E-state index >= 15 is 0 Å². The number of thioether (sulfide) groups is 1. The van der Waals surface area contributed by atoms with Crippen LogP contribution in [0.1, 0.15) is 17.0 Å². The largest absolute Gasteiger partial charge is 0.354 e. The lowest BCUT2D eigenvalue weighted by molar-refractivity contribution is -0.116. The maximum Gasteiger partial charge on any atom is 0.260 e. The predicted octanol–water partition coefficient (Wildman–Crippen LogP) is 4.97. The number of anilines is 1. The van der Waals surface area contributed by atoms with E-state index in [1.54, 1.807) is 30.3 Å². The number of halogens is 2. The van der Waals surface area contributed by atoms with Gasteiger partial charge >= 0.3 is 0 Å². The molecule has 1 aliphatic heterocycles. The van der Waals surface area contributed by atoms with E-state index < -0.39 is 5.50 Å². The van der Waals surface area contributed by atoms with Gasteiger partial charge < -0.3 is 15.2 Å². The van der Waals surface area contributed by atoms with Gasteiger partial charge in [0.2, 0.25) is 0 Å². The van der Waals surface area contributed by atoms with Gasteiger partial charge in [0.15, 0.2) is 5.50 Å². The topological polar surface area (TPSA) is 46.1 Å². The van der Waals surface area contributed by atoms with Crippen LogP contribution in [0.2, 0.25) is 0 Å². The average Bonchev–Trinajstić information content (AvgIpc) is 3.17. The molecule has 1 aliphatic rings. The van der Waals surface area contributed by atoms with Crippen LogP contribution in [0.3, 0.4) is 0 Å². The van der Waals surface area contributed by atoms with Gasteiger partial charge in [-0.1, -0.05) is 23.9 Å². The zero-order valence-electron chi connectivity index (χ0n) is 15.9. The first kappa shape index (κ1) is 19.3. The van der Waals surface area contributed by atoms with Crippen LogP contribution in [-0.2, 0) is 4.79 Å². The van der Waals surface area contributed by atoms with Gasteiger partial charge in [-0.3, -0.25) is 4.79 Å². The van der Waals surface area contributed by atoms with Crippen LogP contribution in [0, 0.1) is 25.5 Å². The van der Waals surface area contributed by atoms with E-state index in [0.717, 1.165) is 22.6 Å². The van der Waals surface area contributed by atoms with Crippen molar-refractivity contribution in [2.75, 3.05) is 5.32 Å². The van der Waals surface area contributed by atoms with E-state index in [0.29, 0.717) is 10.6 Å². The highest BCUT2D eigenvalue weighted by Gasteiger charge is 2.28. The molecule has 3 aromatic rings. The SMILES string of the molecule is Cc1cc(/C=C2\SC(Nc3ccccc3F)NC2=O)c(C)n1-c1ccc(F)cc1. The predicted molar refractivity (Wildman–Crippen MR) is 113 cm³/mol. The second-order valence-electron chi connectivity index (χ2n) is 6.74. The molecule has 148 valence electrons. The van der Waals surface area contributed by atoms with Gasteiger partial charge in [-0.2, -0.15) is 0 Å². The minimum atomic E-state index is -0.453. The number of nitrogens with zero attached hydrogens (tertiary/aromatic N) is 1. The third-order valence-electron chi connectivity index (χ3n) is 4.73. The molecule has 1 saturated heterocycles. The number of hydrogen-bond acceptors (Lipinski definition) is 3. The third kappa shape index (κ3) is 3.91. The van der Waals surface area contributed by atoms with Gasteiger partial charge in [0.05, 0.1) is 10.6 Å². The lowest BCUT2D eigenvalue weighted by Gasteiger charge is -2.13. The summed E-state index contributed by atoms with van der Waals surface area (Å²) in [5, 5.41) is 5.80. The van der Waals surface area contributed by atoms with Crippen molar-refractivity contribution in [3.63, 3.8) is 0 Å². The fourth-order valence-electron chi connectivity index (χ4n) is 3.35. The lowest BCUT2D eigenvalue weighted by atomic mass is 10.2. The van der Waals surface area contributed by atoms with Crippen molar-refractivity contribution in [3.05, 3.63) is 88.1 Å². The molecule has 1 fully saturated rings. The molecular formula is C22H19F2N3OS. The molecule has 4 nitrogen and oxygen atoms in total. The van der Waals surface area contributed by atoms with Gasteiger partial charge in [0, 0.05) is 17.1 Å². The smallest absolute Gasteiger partial charge is 0.260 e. The summed E-state index contributed by atoms with van der Waals surface area (Å²) in [4.78, 5) is 12.9. The van der Waals surface area contributed by atoms with Crippen LogP contribution in [0.15, 0.2) is 59.5 Å². The zero-order chi connectivity index (χ0) is 20.5. The van der Waals surface area contributed by atoms with Crippen LogP contribution >= 0.6 is 11.8 Å². The number of carbonyl (C=O) groups excluding carboxylic acids is 1. The Hall–Kier alpha value is -3.06. The minimum Gasteiger partial charge on any atom is -0.354 e. The first-order valence-electron chi connectivity index (χ1n) is 9.07. The second kappa shape index (κ2) is 7.75. The number of para-hydroxylation sites is 1. The highest BCUT2D eigenvalue weighted by Crippen LogP contribution is 2.32. The summed E-state index contributed by atoms with van der Waals surface area (Å²) < 4.78 is 29.1. The van der Waals surface area contributed by atoms with E-state index in [2.05, 4.69) is 10.6 Å². The molecule has 2 N–H and O–H groups in total. The third-order valence-corrected chi connectivity index (χ3v) is 5.76. The summed E-state index contributed by atoms with van der Waals surface area (Å²) in [7, 11) is 0. The first-order valence-corrected chi connectivity index (χ1v) is 9.95.